The van der Waals surface area contributed by atoms with Gasteiger partial charge in [-0.2, -0.15) is 0 Å². The fraction of sp³-hybridized carbons (Fsp3) is 0.118. The van der Waals surface area contributed by atoms with Crippen LogP contribution in [0.25, 0.3) is 33.1 Å². The minimum Gasteiger partial charge on any atom is -0.493 e. The van der Waals surface area contributed by atoms with E-state index < -0.39 is 0 Å². The number of H-pyrrole nitrogens is 1. The van der Waals surface area contributed by atoms with Crippen LogP contribution in [0.2, 0.25) is 0 Å². The van der Waals surface area contributed by atoms with E-state index in [1.54, 1.807) is 33.5 Å². The lowest BCUT2D eigenvalue weighted by molar-refractivity contribution is 0.300. The van der Waals surface area contributed by atoms with Crippen LogP contribution < -0.4 is 24.8 Å². The summed E-state index contributed by atoms with van der Waals surface area (Å²) in [5, 5.41) is 9.11. The molecule has 9 heteroatoms. The summed E-state index contributed by atoms with van der Waals surface area (Å²) in [5.74, 6) is 1.52. The lowest BCUT2D eigenvalue weighted by Gasteiger charge is -2.17. The van der Waals surface area contributed by atoms with E-state index in [1.807, 2.05) is 54.7 Å². The van der Waals surface area contributed by atoms with E-state index >= 15 is 0 Å². The first-order valence-electron chi connectivity index (χ1n) is 13.6. The van der Waals surface area contributed by atoms with E-state index in [0.29, 0.717) is 22.9 Å². The third-order valence-corrected chi connectivity index (χ3v) is 7.26. The van der Waals surface area contributed by atoms with Gasteiger partial charge in [-0.25, -0.2) is 4.98 Å². The Kier molecular flexibility index (Phi) is 7.97. The maximum Gasteiger partial charge on any atom is 0.261 e. The largest absolute Gasteiger partial charge is 0.493 e. The van der Waals surface area contributed by atoms with Crippen molar-refractivity contribution < 1.29 is 18.9 Å². The van der Waals surface area contributed by atoms with Crippen molar-refractivity contribution in [1.82, 2.24) is 9.97 Å². The zero-order valence-electron chi connectivity index (χ0n) is 23.9. The highest BCUT2D eigenvalue weighted by Crippen LogP contribution is 2.40. The SMILES string of the molecule is COc1cc(NC(=S)OCc2cc(Nc3c4ccccc4nc4ccccc34)cc(-c3ccc[nH]3)c2)cc(OC)c1OC. The van der Waals surface area contributed by atoms with Gasteiger partial charge in [-0.1, -0.05) is 36.4 Å². The Hall–Kier alpha value is -5.28. The molecule has 3 N–H and O–H groups in total. The summed E-state index contributed by atoms with van der Waals surface area (Å²) < 4.78 is 22.3. The monoisotopic (exact) mass is 590 g/mol. The standard InChI is InChI=1S/C34H30N4O4S/c1-39-30-18-24(19-31(40-2)33(30)41-3)37-34(43)42-20-21-15-22(27-13-8-14-35-27)17-23(16-21)36-32-25-9-4-6-11-28(25)38-29-12-7-5-10-26(29)32/h4-19,35H,20H2,1-3H3,(H,36,38)(H,37,43). The first-order valence-corrected chi connectivity index (χ1v) is 14.0. The van der Waals surface area contributed by atoms with Crippen molar-refractivity contribution in [2.75, 3.05) is 32.0 Å². The average molecular weight is 591 g/mol. The number of anilines is 3. The molecule has 6 aromatic rings. The molecule has 0 saturated heterocycles. The van der Waals surface area contributed by atoms with Gasteiger partial charge in [0.15, 0.2) is 11.5 Å². The molecule has 0 aliphatic carbocycles. The van der Waals surface area contributed by atoms with Gasteiger partial charge in [0.1, 0.15) is 6.61 Å². The Morgan fingerprint density at radius 1 is 0.767 bits per heavy atom. The number of methoxy groups -OCH3 is 3. The number of rotatable bonds is 9. The molecule has 216 valence electrons. The predicted octanol–water partition coefficient (Wildman–Crippen LogP) is 8.07. The molecule has 0 aliphatic heterocycles. The van der Waals surface area contributed by atoms with Gasteiger partial charge < -0.3 is 34.6 Å². The van der Waals surface area contributed by atoms with Crippen molar-refractivity contribution in [3.05, 3.63) is 103 Å². The molecule has 0 aliphatic rings. The number of hydrogen-bond acceptors (Lipinski definition) is 7. The molecule has 2 aromatic heterocycles. The molecule has 43 heavy (non-hydrogen) atoms. The molecule has 0 bridgehead atoms. The predicted molar refractivity (Wildman–Crippen MR) is 176 cm³/mol. The van der Waals surface area contributed by atoms with E-state index in [2.05, 4.69) is 45.9 Å². The summed E-state index contributed by atoms with van der Waals surface area (Å²) in [6.07, 6.45) is 1.91. The second-order valence-corrected chi connectivity index (χ2v) is 10.1. The maximum atomic E-state index is 6.01. The molecule has 2 heterocycles. The number of nitrogens with zero attached hydrogens (tertiary/aromatic N) is 1. The van der Waals surface area contributed by atoms with Gasteiger partial charge in [0, 0.05) is 51.7 Å². The number of fused-ring (bicyclic) bond motifs is 2. The minimum atomic E-state index is 0.209. The van der Waals surface area contributed by atoms with Crippen LogP contribution in [-0.4, -0.2) is 36.5 Å². The first kappa shape index (κ1) is 27.9. The van der Waals surface area contributed by atoms with Crippen LogP contribution in [0.5, 0.6) is 17.2 Å². The molecule has 0 radical (unpaired) electrons. The fourth-order valence-corrected chi connectivity index (χ4v) is 5.26. The molecule has 0 saturated carbocycles. The zero-order chi connectivity index (χ0) is 29.8. The first-order chi connectivity index (χ1) is 21.1. The van der Waals surface area contributed by atoms with E-state index in [9.17, 15) is 0 Å². The molecular formula is C34H30N4O4S. The number of hydrogen-bond donors (Lipinski definition) is 3. The summed E-state index contributed by atoms with van der Waals surface area (Å²) in [6.45, 7) is 0.247. The van der Waals surface area contributed by atoms with Crippen LogP contribution in [0.3, 0.4) is 0 Å². The molecule has 0 atom stereocenters. The summed E-state index contributed by atoms with van der Waals surface area (Å²) >= 11 is 5.54. The minimum absolute atomic E-state index is 0.209. The van der Waals surface area contributed by atoms with Crippen molar-refractivity contribution >= 4 is 56.3 Å². The summed E-state index contributed by atoms with van der Waals surface area (Å²) in [4.78, 5) is 8.17. The molecule has 4 aromatic carbocycles. The second kappa shape index (κ2) is 12.3. The highest BCUT2D eigenvalue weighted by Gasteiger charge is 2.15. The zero-order valence-corrected chi connectivity index (χ0v) is 24.7. The number of aromatic nitrogens is 2. The van der Waals surface area contributed by atoms with Crippen LogP contribution >= 0.6 is 12.2 Å². The fourth-order valence-electron chi connectivity index (χ4n) is 5.09. The summed E-state index contributed by atoms with van der Waals surface area (Å²) in [6, 6.07) is 30.1. The highest BCUT2D eigenvalue weighted by atomic mass is 32.1. The molecule has 6 rings (SSSR count). The molecule has 0 fully saturated rings. The van der Waals surface area contributed by atoms with Crippen molar-refractivity contribution in [3.8, 4) is 28.5 Å². The number of thiocarbonyl (C=S) groups is 1. The Bertz CT molecular complexity index is 1850. The number of benzene rings is 4. The molecule has 0 unspecified atom stereocenters. The van der Waals surface area contributed by atoms with Crippen LogP contribution in [0.4, 0.5) is 17.1 Å². The quantitative estimate of drug-likeness (QED) is 0.115. The molecule has 0 amide bonds. The topological polar surface area (TPSA) is 89.7 Å². The third kappa shape index (κ3) is 5.89. The number of aromatic amines is 1. The van der Waals surface area contributed by atoms with E-state index in [4.69, 9.17) is 36.1 Å². The molecule has 0 spiro atoms. The number of ether oxygens (including phenoxy) is 4. The average Bonchev–Trinajstić information content (AvgIpc) is 3.58. The highest BCUT2D eigenvalue weighted by molar-refractivity contribution is 7.80. The lowest BCUT2D eigenvalue weighted by Crippen LogP contribution is -2.13. The van der Waals surface area contributed by atoms with Crippen LogP contribution in [0.1, 0.15) is 5.56 Å². The smallest absolute Gasteiger partial charge is 0.261 e. The number of para-hydroxylation sites is 2. The van der Waals surface area contributed by atoms with Gasteiger partial charge in [-0.3, -0.25) is 0 Å². The van der Waals surface area contributed by atoms with Crippen molar-refractivity contribution in [1.29, 1.82) is 0 Å². The van der Waals surface area contributed by atoms with E-state index in [1.165, 1.54) is 0 Å². The number of nitrogens with one attached hydrogen (secondary N) is 3. The third-order valence-electron chi connectivity index (χ3n) is 7.04. The van der Waals surface area contributed by atoms with Crippen molar-refractivity contribution in [3.63, 3.8) is 0 Å². The second-order valence-electron chi connectivity index (χ2n) is 9.76. The lowest BCUT2D eigenvalue weighted by atomic mass is 10.0. The Labute approximate surface area is 254 Å². The van der Waals surface area contributed by atoms with Gasteiger partial charge in [-0.15, -0.1) is 0 Å². The molecule has 8 nitrogen and oxygen atoms in total. The van der Waals surface area contributed by atoms with Crippen LogP contribution in [-0.2, 0) is 11.3 Å². The van der Waals surface area contributed by atoms with Crippen molar-refractivity contribution in [2.45, 2.75) is 6.61 Å². The van der Waals surface area contributed by atoms with Gasteiger partial charge in [0.2, 0.25) is 5.75 Å². The Morgan fingerprint density at radius 2 is 1.44 bits per heavy atom. The van der Waals surface area contributed by atoms with Gasteiger partial charge >= 0.3 is 0 Å². The summed E-state index contributed by atoms with van der Waals surface area (Å²) in [5.41, 5.74) is 7.36. The maximum absolute atomic E-state index is 6.01. The van der Waals surface area contributed by atoms with E-state index in [-0.39, 0.29) is 11.8 Å². The van der Waals surface area contributed by atoms with Gasteiger partial charge in [-0.05, 0) is 60.2 Å². The van der Waals surface area contributed by atoms with Gasteiger partial charge in [0.25, 0.3) is 5.17 Å². The van der Waals surface area contributed by atoms with Gasteiger partial charge in [0.05, 0.1) is 38.1 Å². The van der Waals surface area contributed by atoms with E-state index in [0.717, 1.165) is 50.0 Å². The summed E-state index contributed by atoms with van der Waals surface area (Å²) in [7, 11) is 4.69. The van der Waals surface area contributed by atoms with Crippen LogP contribution in [0, 0.1) is 0 Å². The van der Waals surface area contributed by atoms with Crippen LogP contribution in [0.15, 0.2) is 97.2 Å². The van der Waals surface area contributed by atoms with Crippen molar-refractivity contribution in [2.24, 2.45) is 0 Å². The Morgan fingerprint density at radius 3 is 2.05 bits per heavy atom. The normalized spacial score (nSPS) is 10.9. The number of pyridine rings is 1. The molecular weight excluding hydrogens is 560 g/mol. The Balaban J connectivity index is 1.29.